The summed E-state index contributed by atoms with van der Waals surface area (Å²) in [5.41, 5.74) is 2.63. The van der Waals surface area contributed by atoms with Gasteiger partial charge in [0, 0.05) is 48.1 Å². The molecule has 148 valence electrons. The van der Waals surface area contributed by atoms with Crippen LogP contribution in [0.2, 0.25) is 0 Å². The van der Waals surface area contributed by atoms with Crippen LogP contribution in [-0.2, 0) is 18.7 Å². The Balaban J connectivity index is 1.28. The van der Waals surface area contributed by atoms with E-state index in [1.165, 1.54) is 0 Å². The Morgan fingerprint density at radius 3 is 2.83 bits per heavy atom. The number of hydrogen-bond acceptors (Lipinski definition) is 5. The first-order valence-electron chi connectivity index (χ1n) is 9.53. The van der Waals surface area contributed by atoms with E-state index in [9.17, 15) is 4.79 Å². The van der Waals surface area contributed by atoms with E-state index >= 15 is 0 Å². The van der Waals surface area contributed by atoms with Crippen LogP contribution in [0.15, 0.2) is 66.1 Å². The number of hydrogen-bond donors (Lipinski definition) is 1. The van der Waals surface area contributed by atoms with Crippen molar-refractivity contribution in [3.05, 3.63) is 78.3 Å². The molecule has 1 amide bonds. The number of benzene rings is 1. The Labute approximate surface area is 173 Å². The van der Waals surface area contributed by atoms with Gasteiger partial charge in [-0.25, -0.2) is 4.98 Å². The maximum absolute atomic E-state index is 12.3. The molecule has 4 aromatic rings. The first kappa shape index (κ1) is 19.2. The van der Waals surface area contributed by atoms with Gasteiger partial charge in [0.1, 0.15) is 17.8 Å². The van der Waals surface area contributed by atoms with E-state index in [1.807, 2.05) is 70.7 Å². The molecule has 0 saturated carbocycles. The number of imidazole rings is 1. The number of aromatic nitrogens is 5. The smallest absolute Gasteiger partial charge is 0.251 e. The van der Waals surface area contributed by atoms with Crippen LogP contribution >= 0.6 is 11.8 Å². The Morgan fingerprint density at radius 2 is 2.03 bits per heavy atom. The summed E-state index contributed by atoms with van der Waals surface area (Å²) in [6, 6.07) is 13.6. The standard InChI is InChI=1S/C21H22N6OS/c1-2-26-15-23-25-20(26)10-11-22-21(28)16-6-8-18(9-7-16)29-14-17-13-27-12-4-3-5-19(27)24-17/h3-9,12-13,15H,2,10-11,14H2,1H3,(H,22,28). The van der Waals surface area contributed by atoms with Gasteiger partial charge in [-0.2, -0.15) is 0 Å². The zero-order valence-electron chi connectivity index (χ0n) is 16.2. The second kappa shape index (κ2) is 8.91. The van der Waals surface area contributed by atoms with Crippen molar-refractivity contribution in [2.24, 2.45) is 0 Å². The van der Waals surface area contributed by atoms with Gasteiger partial charge in [0.25, 0.3) is 5.91 Å². The van der Waals surface area contributed by atoms with Crippen LogP contribution in [0.4, 0.5) is 0 Å². The molecule has 1 N–H and O–H groups in total. The van der Waals surface area contributed by atoms with Crippen LogP contribution in [0.1, 0.15) is 28.8 Å². The van der Waals surface area contributed by atoms with Gasteiger partial charge in [-0.3, -0.25) is 4.79 Å². The fraction of sp³-hybridized carbons (Fsp3) is 0.238. The highest BCUT2D eigenvalue weighted by Gasteiger charge is 2.08. The number of thioether (sulfide) groups is 1. The van der Waals surface area contributed by atoms with Crippen LogP contribution in [-0.4, -0.2) is 36.6 Å². The number of nitrogens with zero attached hydrogens (tertiary/aromatic N) is 5. The second-order valence-corrected chi connectivity index (χ2v) is 7.60. The lowest BCUT2D eigenvalue weighted by Gasteiger charge is -2.07. The first-order chi connectivity index (χ1) is 14.2. The summed E-state index contributed by atoms with van der Waals surface area (Å²) in [6.07, 6.45) is 6.41. The van der Waals surface area contributed by atoms with Crippen molar-refractivity contribution in [1.82, 2.24) is 29.5 Å². The average Bonchev–Trinajstić information content (AvgIpc) is 3.38. The summed E-state index contributed by atoms with van der Waals surface area (Å²) in [5, 5.41) is 10.9. The van der Waals surface area contributed by atoms with E-state index in [0.717, 1.165) is 34.4 Å². The van der Waals surface area contributed by atoms with Gasteiger partial charge in [0.2, 0.25) is 0 Å². The number of carbonyl (C=O) groups is 1. The van der Waals surface area contributed by atoms with E-state index < -0.39 is 0 Å². The van der Waals surface area contributed by atoms with Crippen molar-refractivity contribution >= 4 is 23.3 Å². The van der Waals surface area contributed by atoms with Crippen molar-refractivity contribution in [3.8, 4) is 0 Å². The summed E-state index contributed by atoms with van der Waals surface area (Å²) in [5.74, 6) is 1.58. The molecule has 0 fully saturated rings. The molecule has 29 heavy (non-hydrogen) atoms. The molecule has 0 radical (unpaired) electrons. The number of nitrogens with one attached hydrogen (secondary N) is 1. The predicted molar refractivity (Wildman–Crippen MR) is 113 cm³/mol. The van der Waals surface area contributed by atoms with Crippen molar-refractivity contribution < 1.29 is 4.79 Å². The fourth-order valence-electron chi connectivity index (χ4n) is 3.04. The molecule has 3 aromatic heterocycles. The Morgan fingerprint density at radius 1 is 1.17 bits per heavy atom. The van der Waals surface area contributed by atoms with Crippen molar-refractivity contribution in [1.29, 1.82) is 0 Å². The summed E-state index contributed by atoms with van der Waals surface area (Å²) in [6.45, 7) is 3.40. The molecule has 0 atom stereocenters. The molecule has 4 rings (SSSR count). The molecule has 0 unspecified atom stereocenters. The minimum Gasteiger partial charge on any atom is -0.352 e. The van der Waals surface area contributed by atoms with Gasteiger partial charge in [0.15, 0.2) is 0 Å². The number of carbonyl (C=O) groups excluding carboxylic acids is 1. The van der Waals surface area contributed by atoms with E-state index in [4.69, 9.17) is 0 Å². The normalized spacial score (nSPS) is 11.1. The van der Waals surface area contributed by atoms with E-state index in [2.05, 4.69) is 20.5 Å². The Hall–Kier alpha value is -3.13. The monoisotopic (exact) mass is 406 g/mol. The van der Waals surface area contributed by atoms with Crippen molar-refractivity contribution in [2.75, 3.05) is 6.54 Å². The Kier molecular flexibility index (Phi) is 5.90. The highest BCUT2D eigenvalue weighted by atomic mass is 32.2. The topological polar surface area (TPSA) is 77.1 Å². The van der Waals surface area contributed by atoms with E-state index in [0.29, 0.717) is 18.5 Å². The Bertz CT molecular complexity index is 1070. The molecule has 7 nitrogen and oxygen atoms in total. The minimum atomic E-state index is -0.0792. The molecule has 0 aliphatic rings. The third kappa shape index (κ3) is 4.65. The lowest BCUT2D eigenvalue weighted by molar-refractivity contribution is 0.0954. The van der Waals surface area contributed by atoms with Crippen LogP contribution in [0.3, 0.4) is 0 Å². The van der Waals surface area contributed by atoms with E-state index in [1.54, 1.807) is 18.1 Å². The van der Waals surface area contributed by atoms with Crippen LogP contribution in [0, 0.1) is 0 Å². The van der Waals surface area contributed by atoms with Gasteiger partial charge < -0.3 is 14.3 Å². The number of pyridine rings is 1. The zero-order chi connectivity index (χ0) is 20.1. The van der Waals surface area contributed by atoms with Crippen LogP contribution < -0.4 is 5.32 Å². The van der Waals surface area contributed by atoms with Crippen LogP contribution in [0.25, 0.3) is 5.65 Å². The predicted octanol–water partition coefficient (Wildman–Crippen LogP) is 3.21. The summed E-state index contributed by atoms with van der Waals surface area (Å²) in [7, 11) is 0. The van der Waals surface area contributed by atoms with Gasteiger partial charge in [-0.15, -0.1) is 22.0 Å². The second-order valence-electron chi connectivity index (χ2n) is 6.55. The quantitative estimate of drug-likeness (QED) is 0.455. The highest BCUT2D eigenvalue weighted by Crippen LogP contribution is 2.23. The van der Waals surface area contributed by atoms with Crippen molar-refractivity contribution in [2.45, 2.75) is 30.5 Å². The summed E-state index contributed by atoms with van der Waals surface area (Å²) in [4.78, 5) is 18.1. The minimum absolute atomic E-state index is 0.0792. The lowest BCUT2D eigenvalue weighted by atomic mass is 10.2. The molecular formula is C21H22N6OS. The van der Waals surface area contributed by atoms with Gasteiger partial charge in [0.05, 0.1) is 5.69 Å². The molecular weight excluding hydrogens is 384 g/mol. The molecule has 0 aliphatic carbocycles. The first-order valence-corrected chi connectivity index (χ1v) is 10.5. The molecule has 0 saturated heterocycles. The maximum Gasteiger partial charge on any atom is 0.251 e. The van der Waals surface area contributed by atoms with Gasteiger partial charge in [-0.05, 0) is 43.3 Å². The third-order valence-corrected chi connectivity index (χ3v) is 5.63. The molecule has 1 aromatic carbocycles. The van der Waals surface area contributed by atoms with Crippen molar-refractivity contribution in [3.63, 3.8) is 0 Å². The molecule has 8 heteroatoms. The zero-order valence-corrected chi connectivity index (χ0v) is 17.0. The van der Waals surface area contributed by atoms with Gasteiger partial charge in [-0.1, -0.05) is 6.07 Å². The molecule has 0 aliphatic heterocycles. The summed E-state index contributed by atoms with van der Waals surface area (Å²) < 4.78 is 3.99. The van der Waals surface area contributed by atoms with E-state index in [-0.39, 0.29) is 5.91 Å². The molecule has 0 spiro atoms. The maximum atomic E-state index is 12.3. The SMILES string of the molecule is CCn1cnnc1CCNC(=O)c1ccc(SCc2cn3ccccc3n2)cc1. The van der Waals surface area contributed by atoms with Crippen LogP contribution in [0.5, 0.6) is 0 Å². The average molecular weight is 407 g/mol. The third-order valence-electron chi connectivity index (χ3n) is 4.59. The summed E-state index contributed by atoms with van der Waals surface area (Å²) >= 11 is 1.70. The highest BCUT2D eigenvalue weighted by molar-refractivity contribution is 7.98. The lowest BCUT2D eigenvalue weighted by Crippen LogP contribution is -2.26. The number of aryl methyl sites for hydroxylation is 1. The van der Waals surface area contributed by atoms with Gasteiger partial charge >= 0.3 is 0 Å². The number of rotatable bonds is 8. The number of fused-ring (bicyclic) bond motifs is 1. The molecule has 3 heterocycles. The number of amides is 1. The molecule has 0 bridgehead atoms. The largest absolute Gasteiger partial charge is 0.352 e. The fourth-order valence-corrected chi connectivity index (χ4v) is 3.83.